The van der Waals surface area contributed by atoms with Gasteiger partial charge in [-0.05, 0) is 32.3 Å². The highest BCUT2D eigenvalue weighted by atomic mass is 35.5. The molecule has 0 spiro atoms. The minimum Gasteiger partial charge on any atom is -0.495 e. The van der Waals surface area contributed by atoms with Gasteiger partial charge in [0.15, 0.2) is 5.82 Å². The molecule has 28 heavy (non-hydrogen) atoms. The van der Waals surface area contributed by atoms with Gasteiger partial charge >= 0.3 is 0 Å². The molecule has 2 aromatic carbocycles. The Balaban J connectivity index is 1.94. The Morgan fingerprint density at radius 1 is 1.00 bits per heavy atom. The minimum absolute atomic E-state index is 0.616. The van der Waals surface area contributed by atoms with Crippen LogP contribution in [0.3, 0.4) is 0 Å². The molecule has 0 aliphatic carbocycles. The zero-order chi connectivity index (χ0) is 19.9. The van der Waals surface area contributed by atoms with E-state index in [1.54, 1.807) is 13.2 Å². The molecule has 0 fully saturated rings. The predicted octanol–water partition coefficient (Wildman–Crippen LogP) is 4.52. The zero-order valence-electron chi connectivity index (χ0n) is 16.2. The molecule has 0 bridgehead atoms. The Morgan fingerprint density at radius 3 is 2.46 bits per heavy atom. The van der Waals surface area contributed by atoms with Crippen molar-refractivity contribution >= 4 is 28.9 Å². The molecule has 6 nitrogen and oxygen atoms in total. The van der Waals surface area contributed by atoms with Crippen LogP contribution in [0.25, 0.3) is 11.4 Å². The fourth-order valence-corrected chi connectivity index (χ4v) is 2.81. The number of nitrogens with zero attached hydrogens (tertiary/aromatic N) is 3. The van der Waals surface area contributed by atoms with Gasteiger partial charge < -0.3 is 20.3 Å². The average Bonchev–Trinajstić information content (AvgIpc) is 2.68. The first-order valence-electron chi connectivity index (χ1n) is 8.99. The molecule has 1 heterocycles. The van der Waals surface area contributed by atoms with Crippen LogP contribution < -0.4 is 15.4 Å². The smallest absolute Gasteiger partial charge is 0.163 e. The average molecular weight is 398 g/mol. The molecule has 3 rings (SSSR count). The third-order valence-electron chi connectivity index (χ3n) is 4.05. The van der Waals surface area contributed by atoms with Crippen molar-refractivity contribution in [1.82, 2.24) is 14.9 Å². The molecule has 0 atom stereocenters. The maximum absolute atomic E-state index is 6.15. The van der Waals surface area contributed by atoms with Gasteiger partial charge in [0.05, 0.1) is 12.8 Å². The van der Waals surface area contributed by atoms with E-state index in [1.165, 1.54) is 0 Å². The van der Waals surface area contributed by atoms with Gasteiger partial charge in [0, 0.05) is 29.7 Å². The number of ether oxygens (including phenoxy) is 1. The Kier molecular flexibility index (Phi) is 6.68. The summed E-state index contributed by atoms with van der Waals surface area (Å²) in [6.07, 6.45) is 0. The van der Waals surface area contributed by atoms with Gasteiger partial charge in [-0.2, -0.15) is 0 Å². The number of anilines is 3. The lowest BCUT2D eigenvalue weighted by Gasteiger charge is -2.15. The van der Waals surface area contributed by atoms with Gasteiger partial charge in [-0.1, -0.05) is 41.9 Å². The van der Waals surface area contributed by atoms with Crippen molar-refractivity contribution in [3.63, 3.8) is 0 Å². The lowest BCUT2D eigenvalue weighted by atomic mass is 10.2. The van der Waals surface area contributed by atoms with Crippen LogP contribution in [0, 0.1) is 0 Å². The number of benzene rings is 2. The molecule has 0 amide bonds. The van der Waals surface area contributed by atoms with Crippen LogP contribution in [0.15, 0.2) is 54.6 Å². The van der Waals surface area contributed by atoms with E-state index in [0.29, 0.717) is 22.4 Å². The van der Waals surface area contributed by atoms with Crippen LogP contribution in [0.5, 0.6) is 5.75 Å². The summed E-state index contributed by atoms with van der Waals surface area (Å²) in [5.74, 6) is 2.73. The fourth-order valence-electron chi connectivity index (χ4n) is 2.64. The molecular formula is C21H24ClN5O. The second-order valence-corrected chi connectivity index (χ2v) is 6.96. The second-order valence-electron chi connectivity index (χ2n) is 6.53. The third-order valence-corrected chi connectivity index (χ3v) is 4.28. The number of likely N-dealkylation sites (N-methyl/N-ethyl adjacent to an activating group) is 1. The summed E-state index contributed by atoms with van der Waals surface area (Å²) in [7, 11) is 5.70. The van der Waals surface area contributed by atoms with Gasteiger partial charge in [0.25, 0.3) is 0 Å². The quantitative estimate of drug-likeness (QED) is 0.582. The number of nitrogens with one attached hydrogen (secondary N) is 2. The van der Waals surface area contributed by atoms with Gasteiger partial charge in [-0.3, -0.25) is 0 Å². The van der Waals surface area contributed by atoms with E-state index in [4.69, 9.17) is 16.3 Å². The lowest BCUT2D eigenvalue weighted by Crippen LogP contribution is -2.21. The predicted molar refractivity (Wildman–Crippen MR) is 116 cm³/mol. The van der Waals surface area contributed by atoms with Crippen molar-refractivity contribution in [2.75, 3.05) is 44.9 Å². The van der Waals surface area contributed by atoms with Crippen molar-refractivity contribution in [3.8, 4) is 17.1 Å². The molecule has 0 aliphatic rings. The summed E-state index contributed by atoms with van der Waals surface area (Å²) in [5.41, 5.74) is 1.69. The zero-order valence-corrected chi connectivity index (χ0v) is 17.0. The van der Waals surface area contributed by atoms with Crippen LogP contribution in [0.2, 0.25) is 5.02 Å². The lowest BCUT2D eigenvalue weighted by molar-refractivity contribution is 0.417. The number of hydrogen-bond donors (Lipinski definition) is 2. The molecule has 3 aromatic rings. The highest BCUT2D eigenvalue weighted by Gasteiger charge is 2.10. The molecular weight excluding hydrogens is 374 g/mol. The molecule has 7 heteroatoms. The first-order chi connectivity index (χ1) is 13.5. The van der Waals surface area contributed by atoms with Crippen molar-refractivity contribution in [1.29, 1.82) is 0 Å². The summed E-state index contributed by atoms with van der Waals surface area (Å²) in [5, 5.41) is 7.28. The Hall–Kier alpha value is -2.83. The Bertz CT molecular complexity index is 918. The van der Waals surface area contributed by atoms with Gasteiger partial charge in [0.2, 0.25) is 0 Å². The standard InChI is InChI=1S/C21H24ClN5O/c1-27(2)12-11-23-19-14-20(24-17-13-16(22)9-10-18(17)28-3)26-21(25-19)15-7-5-4-6-8-15/h4-10,13-14H,11-12H2,1-3H3,(H2,23,24,25,26). The number of halogens is 1. The van der Waals surface area contributed by atoms with E-state index in [1.807, 2.05) is 62.6 Å². The van der Waals surface area contributed by atoms with Crippen molar-refractivity contribution in [2.45, 2.75) is 0 Å². The molecule has 0 aliphatic heterocycles. The van der Waals surface area contributed by atoms with Crippen molar-refractivity contribution < 1.29 is 4.74 Å². The van der Waals surface area contributed by atoms with Crippen LogP contribution in [0.1, 0.15) is 0 Å². The number of hydrogen-bond acceptors (Lipinski definition) is 6. The van der Waals surface area contributed by atoms with Crippen LogP contribution in [-0.4, -0.2) is 49.2 Å². The first-order valence-corrected chi connectivity index (χ1v) is 9.36. The van der Waals surface area contributed by atoms with E-state index in [2.05, 4.69) is 25.5 Å². The van der Waals surface area contributed by atoms with E-state index < -0.39 is 0 Å². The largest absolute Gasteiger partial charge is 0.495 e. The Labute approximate surface area is 170 Å². The number of methoxy groups -OCH3 is 1. The third kappa shape index (κ3) is 5.34. The molecule has 1 aromatic heterocycles. The van der Waals surface area contributed by atoms with Gasteiger partial charge in [-0.15, -0.1) is 0 Å². The summed E-state index contributed by atoms with van der Waals surface area (Å²) >= 11 is 6.15. The normalized spacial score (nSPS) is 10.8. The van der Waals surface area contributed by atoms with Gasteiger partial charge in [0.1, 0.15) is 17.4 Å². The number of rotatable bonds is 8. The highest BCUT2D eigenvalue weighted by molar-refractivity contribution is 6.31. The highest BCUT2D eigenvalue weighted by Crippen LogP contribution is 2.31. The monoisotopic (exact) mass is 397 g/mol. The topological polar surface area (TPSA) is 62.3 Å². The van der Waals surface area contributed by atoms with E-state index in [0.717, 1.165) is 30.2 Å². The molecule has 2 N–H and O–H groups in total. The van der Waals surface area contributed by atoms with E-state index >= 15 is 0 Å². The minimum atomic E-state index is 0.616. The summed E-state index contributed by atoms with van der Waals surface area (Å²) in [6, 6.07) is 17.2. The molecule has 0 unspecified atom stereocenters. The second kappa shape index (κ2) is 9.39. The molecule has 0 radical (unpaired) electrons. The summed E-state index contributed by atoms with van der Waals surface area (Å²) in [4.78, 5) is 11.5. The van der Waals surface area contributed by atoms with Crippen LogP contribution in [0.4, 0.5) is 17.3 Å². The van der Waals surface area contributed by atoms with E-state index in [9.17, 15) is 0 Å². The summed E-state index contributed by atoms with van der Waals surface area (Å²) in [6.45, 7) is 1.67. The van der Waals surface area contributed by atoms with Crippen LogP contribution in [-0.2, 0) is 0 Å². The molecule has 0 saturated heterocycles. The fraction of sp³-hybridized carbons (Fsp3) is 0.238. The van der Waals surface area contributed by atoms with E-state index in [-0.39, 0.29) is 0 Å². The maximum atomic E-state index is 6.15. The molecule has 146 valence electrons. The van der Waals surface area contributed by atoms with Crippen LogP contribution >= 0.6 is 11.6 Å². The van der Waals surface area contributed by atoms with Crippen molar-refractivity contribution in [2.24, 2.45) is 0 Å². The SMILES string of the molecule is COc1ccc(Cl)cc1Nc1cc(NCCN(C)C)nc(-c2ccccc2)n1. The Morgan fingerprint density at radius 2 is 1.75 bits per heavy atom. The van der Waals surface area contributed by atoms with Crippen molar-refractivity contribution in [3.05, 3.63) is 59.6 Å². The first kappa shape index (κ1) is 19.9. The summed E-state index contributed by atoms with van der Waals surface area (Å²) < 4.78 is 5.42. The number of aromatic nitrogens is 2. The van der Waals surface area contributed by atoms with Gasteiger partial charge in [-0.25, -0.2) is 9.97 Å². The maximum Gasteiger partial charge on any atom is 0.163 e. The molecule has 0 saturated carbocycles.